The topological polar surface area (TPSA) is 36.3 Å². The number of hydrogen-bond donors (Lipinski definition) is 0. The minimum atomic E-state index is -0.559. The first-order valence-corrected chi connectivity index (χ1v) is 9.23. The summed E-state index contributed by atoms with van der Waals surface area (Å²) in [5.74, 6) is 0.578. The first kappa shape index (κ1) is 17.0. The molecule has 25 heavy (non-hydrogen) atoms. The Balaban J connectivity index is 1.80. The highest BCUT2D eigenvalue weighted by molar-refractivity contribution is 6.62. The number of nitrogens with zero attached hydrogens (tertiary/aromatic N) is 2. The molecule has 1 aromatic heterocycles. The fourth-order valence-electron chi connectivity index (χ4n) is 4.03. The van der Waals surface area contributed by atoms with E-state index in [1.165, 1.54) is 18.9 Å². The summed E-state index contributed by atoms with van der Waals surface area (Å²) in [5, 5.41) is 0. The van der Waals surface area contributed by atoms with Gasteiger partial charge < -0.3 is 13.9 Å². The van der Waals surface area contributed by atoms with Gasteiger partial charge in [0.15, 0.2) is 5.82 Å². The van der Waals surface area contributed by atoms with Crippen LogP contribution >= 0.6 is 0 Å². The maximum absolute atomic E-state index is 14.8. The SMILES string of the molecule is Cc1nc2c(F)cc(B3OC(C)(C)C(C)(C)O3)cc2n1C1CCCC1. The summed E-state index contributed by atoms with van der Waals surface area (Å²) in [7, 11) is -0.559. The average Bonchev–Trinajstić information content (AvgIpc) is 3.17. The molecule has 0 N–H and O–H groups in total. The lowest BCUT2D eigenvalue weighted by atomic mass is 9.79. The van der Waals surface area contributed by atoms with Gasteiger partial charge >= 0.3 is 7.12 Å². The molecule has 2 aliphatic rings. The Bertz CT molecular complexity index is 808. The number of aromatic nitrogens is 2. The second kappa shape index (κ2) is 5.55. The van der Waals surface area contributed by atoms with Gasteiger partial charge in [0.05, 0.1) is 16.7 Å². The van der Waals surface area contributed by atoms with E-state index in [4.69, 9.17) is 9.31 Å². The van der Waals surface area contributed by atoms with Gasteiger partial charge in [-0.2, -0.15) is 0 Å². The normalized spacial score (nSPS) is 23.0. The van der Waals surface area contributed by atoms with Gasteiger partial charge in [0.2, 0.25) is 0 Å². The summed E-state index contributed by atoms with van der Waals surface area (Å²) in [6.07, 6.45) is 4.72. The van der Waals surface area contributed by atoms with E-state index in [1.54, 1.807) is 0 Å². The lowest BCUT2D eigenvalue weighted by molar-refractivity contribution is 0.00578. The highest BCUT2D eigenvalue weighted by atomic mass is 19.1. The molecule has 0 atom stereocenters. The zero-order chi connectivity index (χ0) is 18.0. The molecule has 2 fully saturated rings. The Hall–Kier alpha value is -1.40. The third-order valence-corrected chi connectivity index (χ3v) is 6.16. The largest absolute Gasteiger partial charge is 0.495 e. The molecule has 4 rings (SSSR count). The monoisotopic (exact) mass is 344 g/mol. The van der Waals surface area contributed by atoms with Crippen LogP contribution in [0.5, 0.6) is 0 Å². The molecule has 1 saturated heterocycles. The van der Waals surface area contributed by atoms with Crippen LogP contribution in [-0.2, 0) is 9.31 Å². The van der Waals surface area contributed by atoms with Gasteiger partial charge in [0.1, 0.15) is 11.3 Å². The van der Waals surface area contributed by atoms with E-state index in [2.05, 4.69) is 9.55 Å². The van der Waals surface area contributed by atoms with Crippen molar-refractivity contribution in [3.63, 3.8) is 0 Å². The second-order valence-corrected chi connectivity index (χ2v) is 8.43. The molecule has 1 aliphatic carbocycles. The fraction of sp³-hybridized carbons (Fsp3) is 0.632. The predicted octanol–water partition coefficient (Wildman–Crippen LogP) is 3.90. The minimum absolute atomic E-state index is 0.304. The molecule has 134 valence electrons. The summed E-state index contributed by atoms with van der Waals surface area (Å²) in [6, 6.07) is 3.92. The summed E-state index contributed by atoms with van der Waals surface area (Å²) in [5.41, 5.74) is 1.15. The molecule has 2 aromatic rings. The number of benzene rings is 1. The van der Waals surface area contributed by atoms with Gasteiger partial charge in [0.25, 0.3) is 0 Å². The van der Waals surface area contributed by atoms with E-state index in [0.717, 1.165) is 29.6 Å². The Morgan fingerprint density at radius 1 is 1.12 bits per heavy atom. The maximum Gasteiger partial charge on any atom is 0.495 e. The third-order valence-electron chi connectivity index (χ3n) is 6.16. The molecule has 1 aliphatic heterocycles. The molecular weight excluding hydrogens is 318 g/mol. The first-order valence-electron chi connectivity index (χ1n) is 9.23. The summed E-state index contributed by atoms with van der Waals surface area (Å²) in [6.45, 7) is 10.00. The summed E-state index contributed by atoms with van der Waals surface area (Å²) < 4.78 is 29.2. The van der Waals surface area contributed by atoms with Gasteiger partial charge in [-0.3, -0.25) is 0 Å². The fourth-order valence-corrected chi connectivity index (χ4v) is 4.03. The van der Waals surface area contributed by atoms with Crippen LogP contribution in [0.25, 0.3) is 11.0 Å². The molecule has 0 radical (unpaired) electrons. The van der Waals surface area contributed by atoms with E-state index >= 15 is 0 Å². The Kier molecular flexibility index (Phi) is 3.78. The average molecular weight is 344 g/mol. The van der Waals surface area contributed by atoms with E-state index in [0.29, 0.717) is 11.6 Å². The van der Waals surface area contributed by atoms with Gasteiger partial charge in [-0.1, -0.05) is 12.8 Å². The van der Waals surface area contributed by atoms with Crippen LogP contribution in [0.1, 0.15) is 65.2 Å². The number of imidazole rings is 1. The number of fused-ring (bicyclic) bond motifs is 1. The highest BCUT2D eigenvalue weighted by Gasteiger charge is 2.52. The summed E-state index contributed by atoms with van der Waals surface area (Å²) in [4.78, 5) is 4.49. The number of aryl methyl sites for hydroxylation is 1. The third kappa shape index (κ3) is 2.61. The molecule has 2 heterocycles. The van der Waals surface area contributed by atoms with Gasteiger partial charge in [0, 0.05) is 6.04 Å². The number of halogens is 1. The number of hydrogen-bond acceptors (Lipinski definition) is 3. The van der Waals surface area contributed by atoms with Gasteiger partial charge in [-0.15, -0.1) is 0 Å². The summed E-state index contributed by atoms with van der Waals surface area (Å²) >= 11 is 0. The molecule has 0 amide bonds. The second-order valence-electron chi connectivity index (χ2n) is 8.43. The van der Waals surface area contributed by atoms with Crippen LogP contribution in [0.3, 0.4) is 0 Å². The molecule has 6 heteroatoms. The lowest BCUT2D eigenvalue weighted by Gasteiger charge is -2.32. The van der Waals surface area contributed by atoms with Crippen molar-refractivity contribution in [2.24, 2.45) is 0 Å². The van der Waals surface area contributed by atoms with Crippen molar-refractivity contribution in [2.45, 2.75) is 77.5 Å². The Morgan fingerprint density at radius 3 is 2.32 bits per heavy atom. The molecule has 1 aromatic carbocycles. The first-order chi connectivity index (χ1) is 11.7. The van der Waals surface area contributed by atoms with Gasteiger partial charge in [-0.05, 0) is 65.1 Å². The van der Waals surface area contributed by atoms with E-state index in [-0.39, 0.29) is 5.82 Å². The van der Waals surface area contributed by atoms with Crippen molar-refractivity contribution >= 4 is 23.6 Å². The molecule has 0 spiro atoms. The molecular formula is C19H26BFN2O2. The molecule has 0 unspecified atom stereocenters. The van der Waals surface area contributed by atoms with Crippen LogP contribution in [0.15, 0.2) is 12.1 Å². The van der Waals surface area contributed by atoms with E-state index in [9.17, 15) is 4.39 Å². The maximum atomic E-state index is 14.8. The van der Waals surface area contributed by atoms with E-state index in [1.807, 2.05) is 40.7 Å². The van der Waals surface area contributed by atoms with Crippen molar-refractivity contribution in [3.05, 3.63) is 23.8 Å². The van der Waals surface area contributed by atoms with Crippen LogP contribution in [0.2, 0.25) is 0 Å². The highest BCUT2D eigenvalue weighted by Crippen LogP contribution is 2.37. The van der Waals surface area contributed by atoms with Crippen LogP contribution < -0.4 is 5.46 Å². The Labute approximate surface area is 148 Å². The smallest absolute Gasteiger partial charge is 0.399 e. The lowest BCUT2D eigenvalue weighted by Crippen LogP contribution is -2.41. The number of rotatable bonds is 2. The van der Waals surface area contributed by atoms with Crippen LogP contribution in [0, 0.1) is 12.7 Å². The molecule has 4 nitrogen and oxygen atoms in total. The van der Waals surface area contributed by atoms with Crippen LogP contribution in [-0.4, -0.2) is 27.9 Å². The van der Waals surface area contributed by atoms with Crippen molar-refractivity contribution in [1.29, 1.82) is 0 Å². The van der Waals surface area contributed by atoms with Crippen LogP contribution in [0.4, 0.5) is 4.39 Å². The van der Waals surface area contributed by atoms with Crippen molar-refractivity contribution in [2.75, 3.05) is 0 Å². The zero-order valence-corrected chi connectivity index (χ0v) is 15.7. The predicted molar refractivity (Wildman–Crippen MR) is 97.6 cm³/mol. The van der Waals surface area contributed by atoms with Crippen molar-refractivity contribution in [1.82, 2.24) is 9.55 Å². The standard InChI is InChI=1S/C19H26BFN2O2/c1-12-22-17-15(21)10-13(20-24-18(2,3)19(4,5)25-20)11-16(17)23(12)14-8-6-7-9-14/h10-11,14H,6-9H2,1-5H3. The van der Waals surface area contributed by atoms with Gasteiger partial charge in [-0.25, -0.2) is 9.37 Å². The molecule has 0 bridgehead atoms. The zero-order valence-electron chi connectivity index (χ0n) is 15.7. The minimum Gasteiger partial charge on any atom is -0.399 e. The van der Waals surface area contributed by atoms with Crippen molar-refractivity contribution < 1.29 is 13.7 Å². The van der Waals surface area contributed by atoms with Crippen molar-refractivity contribution in [3.8, 4) is 0 Å². The Morgan fingerprint density at radius 2 is 1.72 bits per heavy atom. The quantitative estimate of drug-likeness (QED) is 0.776. The molecule has 1 saturated carbocycles. The van der Waals surface area contributed by atoms with E-state index < -0.39 is 18.3 Å².